The molecule has 0 spiro atoms. The lowest BCUT2D eigenvalue weighted by molar-refractivity contribution is -0.115. The van der Waals surface area contributed by atoms with Crippen molar-refractivity contribution in [3.63, 3.8) is 0 Å². The second kappa shape index (κ2) is 6.89. The van der Waals surface area contributed by atoms with E-state index in [9.17, 15) is 4.79 Å². The number of benzene rings is 2. The molecule has 110 valence electrons. The van der Waals surface area contributed by atoms with Gasteiger partial charge in [-0.1, -0.05) is 58.0 Å². The molecule has 2 aromatic rings. The molecular weight excluding hydrogens is 362 g/mol. The highest BCUT2D eigenvalue weighted by Crippen LogP contribution is 2.26. The summed E-state index contributed by atoms with van der Waals surface area (Å²) in [7, 11) is 0. The van der Waals surface area contributed by atoms with E-state index in [-0.39, 0.29) is 5.91 Å². The fourth-order valence-corrected chi connectivity index (χ4v) is 3.24. The second-order valence-corrected chi connectivity index (χ2v) is 6.39. The van der Waals surface area contributed by atoms with Crippen LogP contribution < -0.4 is 4.90 Å². The van der Waals surface area contributed by atoms with Gasteiger partial charge in [0.05, 0.1) is 17.7 Å². The minimum absolute atomic E-state index is 0.0209. The number of rotatable bonds is 3. The number of anilines is 1. The first-order chi connectivity index (χ1) is 10.7. The fraction of sp³-hybridized carbons (Fsp3) is 0.0625. The van der Waals surface area contributed by atoms with Gasteiger partial charge in [-0.25, -0.2) is 0 Å². The molecule has 0 bridgehead atoms. The molecule has 0 saturated carbocycles. The van der Waals surface area contributed by atoms with Crippen LogP contribution in [-0.2, 0) is 4.79 Å². The van der Waals surface area contributed by atoms with Crippen LogP contribution in [0.2, 0.25) is 0 Å². The summed E-state index contributed by atoms with van der Waals surface area (Å²) in [4.78, 5) is 13.6. The standard InChI is InChI=1S/C16H12BrN3OS/c17-13-6-4-5-12(9-13)10-18-19-16-20(15(21)11-22-16)14-7-2-1-3-8-14/h1-10H,11H2. The maximum atomic E-state index is 12.0. The molecular formula is C16H12BrN3OS. The van der Waals surface area contributed by atoms with E-state index in [1.165, 1.54) is 11.8 Å². The Hall–Kier alpha value is -1.92. The molecule has 0 unspecified atom stereocenters. The molecule has 1 aliphatic heterocycles. The van der Waals surface area contributed by atoms with Gasteiger partial charge >= 0.3 is 0 Å². The largest absolute Gasteiger partial charge is 0.273 e. The Morgan fingerprint density at radius 3 is 2.73 bits per heavy atom. The van der Waals surface area contributed by atoms with E-state index in [4.69, 9.17) is 0 Å². The smallest absolute Gasteiger partial charge is 0.243 e. The molecule has 1 heterocycles. The first-order valence-electron chi connectivity index (χ1n) is 6.61. The summed E-state index contributed by atoms with van der Waals surface area (Å²) in [5.41, 5.74) is 1.76. The van der Waals surface area contributed by atoms with Gasteiger partial charge in [-0.15, -0.1) is 5.10 Å². The van der Waals surface area contributed by atoms with Crippen LogP contribution in [0, 0.1) is 0 Å². The lowest BCUT2D eigenvalue weighted by Crippen LogP contribution is -2.28. The maximum absolute atomic E-state index is 12.0. The highest BCUT2D eigenvalue weighted by molar-refractivity contribution is 9.10. The minimum Gasteiger partial charge on any atom is -0.273 e. The third kappa shape index (κ3) is 3.45. The number of hydrogen-bond donors (Lipinski definition) is 0. The number of amides is 1. The predicted molar refractivity (Wildman–Crippen MR) is 95.6 cm³/mol. The Kier molecular flexibility index (Phi) is 4.70. The Morgan fingerprint density at radius 1 is 1.14 bits per heavy atom. The monoisotopic (exact) mass is 373 g/mol. The summed E-state index contributed by atoms with van der Waals surface area (Å²) in [5.74, 6) is 0.410. The number of hydrogen-bond acceptors (Lipinski definition) is 4. The van der Waals surface area contributed by atoms with E-state index in [0.29, 0.717) is 10.9 Å². The topological polar surface area (TPSA) is 45.0 Å². The van der Waals surface area contributed by atoms with Gasteiger partial charge < -0.3 is 0 Å². The van der Waals surface area contributed by atoms with Crippen molar-refractivity contribution in [1.82, 2.24) is 0 Å². The fourth-order valence-electron chi connectivity index (χ4n) is 2.00. The van der Waals surface area contributed by atoms with E-state index in [1.54, 1.807) is 11.1 Å². The average Bonchev–Trinajstić information content (AvgIpc) is 2.89. The van der Waals surface area contributed by atoms with Crippen LogP contribution in [-0.4, -0.2) is 23.0 Å². The van der Waals surface area contributed by atoms with Gasteiger partial charge in [0.15, 0.2) is 5.17 Å². The Balaban J connectivity index is 1.82. The van der Waals surface area contributed by atoms with E-state index in [0.717, 1.165) is 15.7 Å². The average molecular weight is 374 g/mol. The zero-order valence-electron chi connectivity index (χ0n) is 11.5. The number of para-hydroxylation sites is 1. The van der Waals surface area contributed by atoms with Gasteiger partial charge in [-0.3, -0.25) is 9.69 Å². The third-order valence-electron chi connectivity index (χ3n) is 2.98. The van der Waals surface area contributed by atoms with Gasteiger partial charge in [0.1, 0.15) is 0 Å². The van der Waals surface area contributed by atoms with Crippen molar-refractivity contribution >= 4 is 50.7 Å². The minimum atomic E-state index is 0.0209. The normalized spacial score (nSPS) is 16.9. The number of carbonyl (C=O) groups excluding carboxylic acids is 1. The summed E-state index contributed by atoms with van der Waals surface area (Å²) in [6.45, 7) is 0. The molecule has 0 N–H and O–H groups in total. The highest BCUT2D eigenvalue weighted by Gasteiger charge is 2.29. The Labute approximate surface area is 141 Å². The predicted octanol–water partition coefficient (Wildman–Crippen LogP) is 3.92. The molecule has 0 atom stereocenters. The van der Waals surface area contributed by atoms with Crippen molar-refractivity contribution in [2.45, 2.75) is 0 Å². The quantitative estimate of drug-likeness (QED) is 0.604. The van der Waals surface area contributed by atoms with Crippen LogP contribution in [0.5, 0.6) is 0 Å². The molecule has 0 radical (unpaired) electrons. The van der Waals surface area contributed by atoms with Crippen LogP contribution in [0.3, 0.4) is 0 Å². The zero-order valence-corrected chi connectivity index (χ0v) is 13.9. The maximum Gasteiger partial charge on any atom is 0.243 e. The van der Waals surface area contributed by atoms with Gasteiger partial charge in [-0.05, 0) is 29.8 Å². The van der Waals surface area contributed by atoms with Crippen LogP contribution in [0.4, 0.5) is 5.69 Å². The van der Waals surface area contributed by atoms with Crippen molar-refractivity contribution in [2.75, 3.05) is 10.7 Å². The molecule has 1 fully saturated rings. The Bertz CT molecular complexity index is 746. The molecule has 6 heteroatoms. The van der Waals surface area contributed by atoms with E-state index < -0.39 is 0 Å². The first kappa shape index (κ1) is 15.0. The lowest BCUT2D eigenvalue weighted by atomic mass is 10.2. The number of amidine groups is 1. The summed E-state index contributed by atoms with van der Waals surface area (Å²) in [6.07, 6.45) is 1.67. The van der Waals surface area contributed by atoms with Crippen molar-refractivity contribution in [3.05, 3.63) is 64.6 Å². The summed E-state index contributed by atoms with van der Waals surface area (Å²) >= 11 is 4.81. The van der Waals surface area contributed by atoms with Crippen LogP contribution in [0.25, 0.3) is 0 Å². The first-order valence-corrected chi connectivity index (χ1v) is 8.39. The molecule has 4 nitrogen and oxygen atoms in total. The van der Waals surface area contributed by atoms with Gasteiger partial charge in [0.2, 0.25) is 5.91 Å². The van der Waals surface area contributed by atoms with E-state index >= 15 is 0 Å². The molecule has 3 rings (SSSR count). The van der Waals surface area contributed by atoms with Crippen LogP contribution in [0.15, 0.2) is 69.3 Å². The number of halogens is 1. The van der Waals surface area contributed by atoms with Gasteiger partial charge in [0.25, 0.3) is 0 Å². The van der Waals surface area contributed by atoms with E-state index in [2.05, 4.69) is 26.1 Å². The van der Waals surface area contributed by atoms with Crippen LogP contribution >= 0.6 is 27.7 Å². The van der Waals surface area contributed by atoms with Crippen LogP contribution in [0.1, 0.15) is 5.56 Å². The summed E-state index contributed by atoms with van der Waals surface area (Å²) in [6, 6.07) is 17.3. The van der Waals surface area contributed by atoms with E-state index in [1.807, 2.05) is 54.6 Å². The van der Waals surface area contributed by atoms with Crippen molar-refractivity contribution < 1.29 is 4.79 Å². The lowest BCUT2D eigenvalue weighted by Gasteiger charge is -2.14. The molecule has 0 aliphatic carbocycles. The number of nitrogens with zero attached hydrogens (tertiary/aromatic N) is 3. The molecule has 22 heavy (non-hydrogen) atoms. The molecule has 1 saturated heterocycles. The number of thioether (sulfide) groups is 1. The summed E-state index contributed by atoms with van der Waals surface area (Å²) in [5, 5.41) is 8.90. The van der Waals surface area contributed by atoms with Crippen molar-refractivity contribution in [3.8, 4) is 0 Å². The van der Waals surface area contributed by atoms with Crippen molar-refractivity contribution in [2.24, 2.45) is 10.2 Å². The zero-order chi connectivity index (χ0) is 15.4. The second-order valence-electron chi connectivity index (χ2n) is 4.54. The van der Waals surface area contributed by atoms with Gasteiger partial charge in [-0.2, -0.15) is 5.10 Å². The molecule has 1 aliphatic rings. The number of carbonyl (C=O) groups is 1. The van der Waals surface area contributed by atoms with Gasteiger partial charge in [0, 0.05) is 4.47 Å². The third-order valence-corrected chi connectivity index (χ3v) is 4.39. The molecule has 2 aromatic carbocycles. The summed E-state index contributed by atoms with van der Waals surface area (Å²) < 4.78 is 0.987. The van der Waals surface area contributed by atoms with Crippen molar-refractivity contribution in [1.29, 1.82) is 0 Å². The molecule has 0 aromatic heterocycles. The highest BCUT2D eigenvalue weighted by atomic mass is 79.9. The molecule has 1 amide bonds. The SMILES string of the molecule is O=C1CSC(=NN=Cc2cccc(Br)c2)N1c1ccccc1. The Morgan fingerprint density at radius 2 is 1.95 bits per heavy atom.